The van der Waals surface area contributed by atoms with Gasteiger partial charge in [0.1, 0.15) is 5.15 Å². The zero-order valence-electron chi connectivity index (χ0n) is 10.3. The second kappa shape index (κ2) is 4.75. The molecule has 3 rings (SSSR count). The van der Waals surface area contributed by atoms with Gasteiger partial charge in [0.2, 0.25) is 0 Å². The van der Waals surface area contributed by atoms with Gasteiger partial charge >= 0.3 is 0 Å². The average Bonchev–Trinajstić information content (AvgIpc) is 2.40. The van der Waals surface area contributed by atoms with Gasteiger partial charge < -0.3 is 9.64 Å². The first-order chi connectivity index (χ1) is 8.75. The summed E-state index contributed by atoms with van der Waals surface area (Å²) in [4.78, 5) is 6.84. The summed E-state index contributed by atoms with van der Waals surface area (Å²) in [7, 11) is 0. The molecule has 0 spiro atoms. The number of aryl methyl sites for hydroxylation is 1. The second-order valence-corrected chi connectivity index (χ2v) is 4.90. The molecule has 1 aliphatic rings. The highest BCUT2D eigenvalue weighted by Gasteiger charge is 2.15. The van der Waals surface area contributed by atoms with Crippen LogP contribution in [0.1, 0.15) is 5.56 Å². The third-order valence-corrected chi connectivity index (χ3v) is 3.69. The second-order valence-electron chi connectivity index (χ2n) is 4.54. The number of aromatic nitrogens is 1. The molecule has 2 aromatic rings. The molecule has 0 N–H and O–H groups in total. The highest BCUT2D eigenvalue weighted by molar-refractivity contribution is 6.30. The maximum atomic E-state index is 6.14. The van der Waals surface area contributed by atoms with E-state index in [4.69, 9.17) is 16.3 Å². The number of halogens is 1. The molecule has 3 nitrogen and oxygen atoms in total. The van der Waals surface area contributed by atoms with Crippen LogP contribution in [0.4, 0.5) is 5.69 Å². The van der Waals surface area contributed by atoms with Crippen molar-refractivity contribution >= 4 is 28.2 Å². The summed E-state index contributed by atoms with van der Waals surface area (Å²) in [5.41, 5.74) is 3.15. The van der Waals surface area contributed by atoms with Gasteiger partial charge in [-0.05, 0) is 24.6 Å². The van der Waals surface area contributed by atoms with E-state index in [-0.39, 0.29) is 0 Å². The number of morpholine rings is 1. The van der Waals surface area contributed by atoms with Crippen molar-refractivity contribution in [3.8, 4) is 0 Å². The highest BCUT2D eigenvalue weighted by Crippen LogP contribution is 2.28. The van der Waals surface area contributed by atoms with Gasteiger partial charge in [-0.3, -0.25) is 0 Å². The maximum Gasteiger partial charge on any atom is 0.132 e. The molecule has 18 heavy (non-hydrogen) atoms. The van der Waals surface area contributed by atoms with E-state index >= 15 is 0 Å². The maximum absolute atomic E-state index is 6.14. The van der Waals surface area contributed by atoms with Crippen LogP contribution in [-0.2, 0) is 4.74 Å². The predicted molar refractivity (Wildman–Crippen MR) is 74.5 cm³/mol. The van der Waals surface area contributed by atoms with Gasteiger partial charge in [-0.1, -0.05) is 23.7 Å². The fraction of sp³-hybridized carbons (Fsp3) is 0.357. The van der Waals surface area contributed by atoms with Crippen molar-refractivity contribution in [1.82, 2.24) is 4.98 Å². The van der Waals surface area contributed by atoms with Crippen molar-refractivity contribution in [2.75, 3.05) is 31.2 Å². The van der Waals surface area contributed by atoms with E-state index in [2.05, 4.69) is 34.1 Å². The standard InChI is InChI=1S/C14H15ClN2O/c1-10-9-11-3-2-4-12(13(11)16-14(10)15)17-5-7-18-8-6-17/h2-4,9H,5-8H2,1H3. The molecule has 1 aliphatic heterocycles. The van der Waals surface area contributed by atoms with E-state index in [1.165, 1.54) is 0 Å². The van der Waals surface area contributed by atoms with Gasteiger partial charge in [0.25, 0.3) is 0 Å². The third-order valence-electron chi connectivity index (χ3n) is 3.31. The van der Waals surface area contributed by atoms with Gasteiger partial charge in [0.15, 0.2) is 0 Å². The molecular weight excluding hydrogens is 248 g/mol. The minimum atomic E-state index is 0.586. The van der Waals surface area contributed by atoms with Crippen molar-refractivity contribution in [2.24, 2.45) is 0 Å². The molecule has 2 heterocycles. The molecule has 94 valence electrons. The Morgan fingerprint density at radius 1 is 1.28 bits per heavy atom. The van der Waals surface area contributed by atoms with Gasteiger partial charge in [-0.15, -0.1) is 0 Å². The zero-order chi connectivity index (χ0) is 12.5. The molecule has 0 radical (unpaired) electrons. The number of rotatable bonds is 1. The first kappa shape index (κ1) is 11.8. The van der Waals surface area contributed by atoms with Crippen LogP contribution in [0.25, 0.3) is 10.9 Å². The lowest BCUT2D eigenvalue weighted by Gasteiger charge is -2.29. The Hall–Kier alpha value is -1.32. The van der Waals surface area contributed by atoms with E-state index in [0.29, 0.717) is 5.15 Å². The summed E-state index contributed by atoms with van der Waals surface area (Å²) in [5, 5.41) is 1.73. The first-order valence-corrected chi connectivity index (χ1v) is 6.52. The molecule has 0 amide bonds. The SMILES string of the molecule is Cc1cc2cccc(N3CCOCC3)c2nc1Cl. The number of hydrogen-bond donors (Lipinski definition) is 0. The van der Waals surface area contributed by atoms with Crippen LogP contribution in [-0.4, -0.2) is 31.3 Å². The van der Waals surface area contributed by atoms with Gasteiger partial charge in [0, 0.05) is 18.5 Å². The lowest BCUT2D eigenvalue weighted by molar-refractivity contribution is 0.123. The highest BCUT2D eigenvalue weighted by atomic mass is 35.5. The molecule has 4 heteroatoms. The number of fused-ring (bicyclic) bond motifs is 1. The van der Waals surface area contributed by atoms with Gasteiger partial charge in [-0.25, -0.2) is 4.98 Å². The van der Waals surface area contributed by atoms with Crippen LogP contribution in [0.15, 0.2) is 24.3 Å². The van der Waals surface area contributed by atoms with Gasteiger partial charge in [0.05, 0.1) is 24.4 Å². The molecule has 1 saturated heterocycles. The van der Waals surface area contributed by atoms with Crippen LogP contribution < -0.4 is 4.90 Å². The summed E-state index contributed by atoms with van der Waals surface area (Å²) in [6.45, 7) is 5.35. The molecule has 0 atom stereocenters. The molecule has 0 saturated carbocycles. The third kappa shape index (κ3) is 2.04. The van der Waals surface area contributed by atoms with Crippen LogP contribution in [0.3, 0.4) is 0 Å². The molecular formula is C14H15ClN2O. The summed E-state index contributed by atoms with van der Waals surface area (Å²) < 4.78 is 5.39. The minimum absolute atomic E-state index is 0.586. The van der Waals surface area contributed by atoms with E-state index in [0.717, 1.165) is 48.5 Å². The first-order valence-electron chi connectivity index (χ1n) is 6.14. The minimum Gasteiger partial charge on any atom is -0.378 e. The average molecular weight is 263 g/mol. The molecule has 0 aliphatic carbocycles. The number of ether oxygens (including phenoxy) is 1. The van der Waals surface area contributed by atoms with Gasteiger partial charge in [-0.2, -0.15) is 0 Å². The smallest absolute Gasteiger partial charge is 0.132 e. The molecule has 0 bridgehead atoms. The number of hydrogen-bond acceptors (Lipinski definition) is 3. The summed E-state index contributed by atoms with van der Waals surface area (Å²) in [6.07, 6.45) is 0. The molecule has 1 fully saturated rings. The van der Waals surface area contributed by atoms with Crippen molar-refractivity contribution in [2.45, 2.75) is 6.92 Å². The Morgan fingerprint density at radius 3 is 2.83 bits per heavy atom. The number of nitrogens with zero attached hydrogens (tertiary/aromatic N) is 2. The Kier molecular flexibility index (Phi) is 3.10. The lowest BCUT2D eigenvalue weighted by Crippen LogP contribution is -2.36. The van der Waals surface area contributed by atoms with E-state index in [1.54, 1.807) is 0 Å². The number of benzene rings is 1. The molecule has 1 aromatic heterocycles. The summed E-state index contributed by atoms with van der Waals surface area (Å²) in [6, 6.07) is 8.35. The Balaban J connectivity index is 2.13. The number of anilines is 1. The number of pyridine rings is 1. The zero-order valence-corrected chi connectivity index (χ0v) is 11.1. The van der Waals surface area contributed by atoms with Crippen LogP contribution >= 0.6 is 11.6 Å². The quantitative estimate of drug-likeness (QED) is 0.739. The fourth-order valence-electron chi connectivity index (χ4n) is 2.33. The monoisotopic (exact) mass is 262 g/mol. The summed E-state index contributed by atoms with van der Waals surface area (Å²) >= 11 is 6.14. The van der Waals surface area contributed by atoms with E-state index < -0.39 is 0 Å². The fourth-order valence-corrected chi connectivity index (χ4v) is 2.46. The summed E-state index contributed by atoms with van der Waals surface area (Å²) in [5.74, 6) is 0. The largest absolute Gasteiger partial charge is 0.378 e. The molecule has 0 unspecified atom stereocenters. The van der Waals surface area contributed by atoms with Crippen molar-refractivity contribution < 1.29 is 4.74 Å². The van der Waals surface area contributed by atoms with E-state index in [1.807, 2.05) is 6.92 Å². The van der Waals surface area contributed by atoms with Crippen molar-refractivity contribution in [3.63, 3.8) is 0 Å². The topological polar surface area (TPSA) is 25.4 Å². The molecule has 1 aromatic carbocycles. The van der Waals surface area contributed by atoms with Crippen LogP contribution in [0.2, 0.25) is 5.15 Å². The Morgan fingerprint density at radius 2 is 2.06 bits per heavy atom. The number of para-hydroxylation sites is 1. The van der Waals surface area contributed by atoms with Crippen molar-refractivity contribution in [3.05, 3.63) is 35.0 Å². The Bertz CT molecular complexity index is 579. The van der Waals surface area contributed by atoms with Crippen LogP contribution in [0.5, 0.6) is 0 Å². The predicted octanol–water partition coefficient (Wildman–Crippen LogP) is 3.03. The lowest BCUT2D eigenvalue weighted by atomic mass is 10.1. The normalized spacial score (nSPS) is 16.2. The van der Waals surface area contributed by atoms with E-state index in [9.17, 15) is 0 Å². The van der Waals surface area contributed by atoms with Crippen LogP contribution in [0, 0.1) is 6.92 Å². The van der Waals surface area contributed by atoms with Crippen molar-refractivity contribution in [1.29, 1.82) is 0 Å². The Labute approximate surface area is 111 Å².